The average molecular weight is 310 g/mol. The fourth-order valence-electron chi connectivity index (χ4n) is 3.55. The van der Waals surface area contributed by atoms with Gasteiger partial charge in [0.1, 0.15) is 0 Å². The van der Waals surface area contributed by atoms with E-state index in [1.807, 2.05) is 6.08 Å². The largest absolute Gasteiger partial charge is 0.0987 e. The molecule has 0 atom stereocenters. The molecule has 0 fully saturated rings. The third kappa shape index (κ3) is 2.61. The van der Waals surface area contributed by atoms with Gasteiger partial charge >= 0.3 is 0 Å². The molecule has 0 saturated heterocycles. The zero-order chi connectivity index (χ0) is 16.8. The van der Waals surface area contributed by atoms with Crippen molar-refractivity contribution in [1.82, 2.24) is 0 Å². The van der Waals surface area contributed by atoms with E-state index in [-0.39, 0.29) is 5.41 Å². The Hall–Kier alpha value is -2.86. The minimum Gasteiger partial charge on any atom is -0.0987 e. The quantitative estimate of drug-likeness (QED) is 0.391. The predicted molar refractivity (Wildman–Crippen MR) is 103 cm³/mol. The summed E-state index contributed by atoms with van der Waals surface area (Å²) in [7, 11) is 0. The molecule has 3 rings (SSSR count). The molecule has 0 heterocycles. The van der Waals surface area contributed by atoms with Crippen molar-refractivity contribution in [1.29, 1.82) is 0 Å². The minimum absolute atomic E-state index is 0.361. The highest BCUT2D eigenvalue weighted by Gasteiger charge is 2.38. The van der Waals surface area contributed by atoms with E-state index in [1.165, 1.54) is 22.3 Å². The monoisotopic (exact) mass is 310 g/mol. The standard InChI is InChI=1S/C24H22/c1-3-20(4-2)24(21-14-8-5-9-15-21,22-16-10-6-11-17-22)23-18-12-7-13-19-23/h3-19H,1H2,2H3/b20-4+. The Morgan fingerprint density at radius 1 is 0.667 bits per heavy atom. The Morgan fingerprint density at radius 2 is 1.00 bits per heavy atom. The Balaban J connectivity index is 2.44. The molecule has 0 unspecified atom stereocenters. The molecule has 0 spiro atoms. The maximum absolute atomic E-state index is 4.11. The Labute approximate surface area is 144 Å². The Kier molecular flexibility index (Phi) is 4.77. The third-order valence-corrected chi connectivity index (χ3v) is 4.58. The number of benzene rings is 3. The van der Waals surface area contributed by atoms with Crippen LogP contribution in [0.5, 0.6) is 0 Å². The van der Waals surface area contributed by atoms with E-state index >= 15 is 0 Å². The summed E-state index contributed by atoms with van der Waals surface area (Å²) in [5, 5.41) is 0. The van der Waals surface area contributed by atoms with Crippen molar-refractivity contribution in [3.8, 4) is 0 Å². The molecule has 0 aromatic heterocycles. The van der Waals surface area contributed by atoms with Crippen molar-refractivity contribution in [2.45, 2.75) is 12.3 Å². The molecule has 24 heavy (non-hydrogen) atoms. The summed E-state index contributed by atoms with van der Waals surface area (Å²) >= 11 is 0. The van der Waals surface area contributed by atoms with Crippen molar-refractivity contribution >= 4 is 0 Å². The van der Waals surface area contributed by atoms with Gasteiger partial charge in [0.2, 0.25) is 0 Å². The molecule has 0 N–H and O–H groups in total. The molecule has 0 heteroatoms. The lowest BCUT2D eigenvalue weighted by atomic mass is 9.64. The van der Waals surface area contributed by atoms with Crippen LogP contribution in [0.1, 0.15) is 23.6 Å². The lowest BCUT2D eigenvalue weighted by Gasteiger charge is -2.37. The number of allylic oxidation sites excluding steroid dienone is 3. The van der Waals surface area contributed by atoms with Gasteiger partial charge in [-0.2, -0.15) is 0 Å². The predicted octanol–water partition coefficient (Wildman–Crippen LogP) is 6.15. The molecule has 0 nitrogen and oxygen atoms in total. The van der Waals surface area contributed by atoms with Crippen LogP contribution in [-0.4, -0.2) is 0 Å². The molecule has 0 radical (unpaired) electrons. The zero-order valence-electron chi connectivity index (χ0n) is 14.0. The molecule has 0 aliphatic rings. The van der Waals surface area contributed by atoms with Crippen LogP contribution in [-0.2, 0) is 5.41 Å². The summed E-state index contributed by atoms with van der Waals surface area (Å²) in [5.41, 5.74) is 4.56. The van der Waals surface area contributed by atoms with E-state index in [0.29, 0.717) is 0 Å². The van der Waals surface area contributed by atoms with Crippen LogP contribution >= 0.6 is 0 Å². The van der Waals surface area contributed by atoms with Crippen LogP contribution in [0, 0.1) is 0 Å². The highest BCUT2D eigenvalue weighted by atomic mass is 14.4. The van der Waals surface area contributed by atoms with Crippen molar-refractivity contribution in [2.75, 3.05) is 0 Å². The molecular weight excluding hydrogens is 288 g/mol. The maximum atomic E-state index is 4.11. The zero-order valence-corrected chi connectivity index (χ0v) is 14.0. The van der Waals surface area contributed by atoms with Crippen LogP contribution in [0.2, 0.25) is 0 Å². The maximum Gasteiger partial charge on any atom is 0.0698 e. The summed E-state index contributed by atoms with van der Waals surface area (Å²) in [4.78, 5) is 0. The van der Waals surface area contributed by atoms with Crippen LogP contribution in [0.3, 0.4) is 0 Å². The minimum atomic E-state index is -0.361. The topological polar surface area (TPSA) is 0 Å². The molecule has 0 bridgehead atoms. The summed E-state index contributed by atoms with van der Waals surface area (Å²) in [5.74, 6) is 0. The summed E-state index contributed by atoms with van der Waals surface area (Å²) in [6.45, 7) is 6.19. The van der Waals surface area contributed by atoms with E-state index in [4.69, 9.17) is 0 Å². The fourth-order valence-corrected chi connectivity index (χ4v) is 3.55. The SMILES string of the molecule is C=C/C(=C\C)C(c1ccccc1)(c1ccccc1)c1ccccc1. The highest BCUT2D eigenvalue weighted by Crippen LogP contribution is 2.45. The third-order valence-electron chi connectivity index (χ3n) is 4.58. The van der Waals surface area contributed by atoms with Gasteiger partial charge in [-0.15, -0.1) is 0 Å². The smallest absolute Gasteiger partial charge is 0.0698 e. The van der Waals surface area contributed by atoms with Gasteiger partial charge in [0.25, 0.3) is 0 Å². The summed E-state index contributed by atoms with van der Waals surface area (Å²) < 4.78 is 0. The van der Waals surface area contributed by atoms with Crippen molar-refractivity contribution in [3.63, 3.8) is 0 Å². The number of hydrogen-bond donors (Lipinski definition) is 0. The first-order valence-corrected chi connectivity index (χ1v) is 8.29. The molecule has 0 aliphatic carbocycles. The van der Waals surface area contributed by atoms with Crippen molar-refractivity contribution in [3.05, 3.63) is 132 Å². The van der Waals surface area contributed by atoms with E-state index in [0.717, 1.165) is 0 Å². The summed E-state index contributed by atoms with van der Waals surface area (Å²) in [6.07, 6.45) is 4.15. The number of hydrogen-bond acceptors (Lipinski definition) is 0. The van der Waals surface area contributed by atoms with E-state index in [1.54, 1.807) is 0 Å². The van der Waals surface area contributed by atoms with E-state index in [9.17, 15) is 0 Å². The first-order valence-electron chi connectivity index (χ1n) is 8.29. The lowest BCUT2D eigenvalue weighted by Crippen LogP contribution is -2.31. The van der Waals surface area contributed by atoms with E-state index in [2.05, 4.69) is 111 Å². The van der Waals surface area contributed by atoms with Gasteiger partial charge in [-0.05, 0) is 29.2 Å². The Bertz CT molecular complexity index is 715. The molecule has 3 aromatic carbocycles. The second kappa shape index (κ2) is 7.14. The van der Waals surface area contributed by atoms with Gasteiger partial charge in [0, 0.05) is 0 Å². The second-order valence-corrected chi connectivity index (χ2v) is 5.80. The van der Waals surface area contributed by atoms with Crippen LogP contribution < -0.4 is 0 Å². The molecular formula is C24H22. The molecule has 118 valence electrons. The van der Waals surface area contributed by atoms with Crippen LogP contribution in [0.4, 0.5) is 0 Å². The normalized spacial score (nSPS) is 12.0. The van der Waals surface area contributed by atoms with Crippen molar-refractivity contribution in [2.24, 2.45) is 0 Å². The van der Waals surface area contributed by atoms with Gasteiger partial charge in [-0.25, -0.2) is 0 Å². The second-order valence-electron chi connectivity index (χ2n) is 5.80. The van der Waals surface area contributed by atoms with Gasteiger partial charge in [-0.3, -0.25) is 0 Å². The molecule has 3 aromatic rings. The van der Waals surface area contributed by atoms with Gasteiger partial charge in [-0.1, -0.05) is 110 Å². The fraction of sp³-hybridized carbons (Fsp3) is 0.0833. The molecule has 0 saturated carbocycles. The average Bonchev–Trinajstić information content (AvgIpc) is 2.68. The van der Waals surface area contributed by atoms with Gasteiger partial charge in [0.05, 0.1) is 5.41 Å². The van der Waals surface area contributed by atoms with Gasteiger partial charge < -0.3 is 0 Å². The first-order chi connectivity index (χ1) is 11.8. The lowest BCUT2D eigenvalue weighted by molar-refractivity contribution is 0.742. The molecule has 0 amide bonds. The van der Waals surface area contributed by atoms with Crippen molar-refractivity contribution < 1.29 is 0 Å². The molecule has 0 aliphatic heterocycles. The highest BCUT2D eigenvalue weighted by molar-refractivity contribution is 5.60. The summed E-state index contributed by atoms with van der Waals surface area (Å²) in [6, 6.07) is 32.0. The number of rotatable bonds is 5. The first kappa shape index (κ1) is 16.0. The van der Waals surface area contributed by atoms with Crippen LogP contribution in [0.15, 0.2) is 115 Å². The van der Waals surface area contributed by atoms with Gasteiger partial charge in [0.15, 0.2) is 0 Å². The Morgan fingerprint density at radius 3 is 1.25 bits per heavy atom. The van der Waals surface area contributed by atoms with Crippen LogP contribution in [0.25, 0.3) is 0 Å². The van der Waals surface area contributed by atoms with E-state index < -0.39 is 0 Å².